The van der Waals surface area contributed by atoms with Gasteiger partial charge in [-0.25, -0.2) is 4.98 Å². The van der Waals surface area contributed by atoms with E-state index in [-0.39, 0.29) is 30.5 Å². The Labute approximate surface area is 203 Å². The Morgan fingerprint density at radius 3 is 2.94 bits per heavy atom. The summed E-state index contributed by atoms with van der Waals surface area (Å²) >= 11 is 0. The van der Waals surface area contributed by atoms with Crippen LogP contribution < -0.4 is 16.0 Å². The molecule has 0 spiro atoms. The van der Waals surface area contributed by atoms with E-state index in [0.717, 1.165) is 0 Å². The predicted octanol–water partition coefficient (Wildman–Crippen LogP) is 2.06. The van der Waals surface area contributed by atoms with Crippen LogP contribution in [0.15, 0.2) is 57.6 Å². The molecular formula is C24H20N6O6. The van der Waals surface area contributed by atoms with Crippen LogP contribution in [0, 0.1) is 11.3 Å². The van der Waals surface area contributed by atoms with Gasteiger partial charge in [-0.1, -0.05) is 5.16 Å². The number of aromatic nitrogens is 2. The summed E-state index contributed by atoms with van der Waals surface area (Å²) in [5.74, 6) is -0.647. The molecule has 36 heavy (non-hydrogen) atoms. The maximum atomic E-state index is 13.3. The second-order valence-corrected chi connectivity index (χ2v) is 8.30. The van der Waals surface area contributed by atoms with Crippen LogP contribution in [0.3, 0.4) is 0 Å². The van der Waals surface area contributed by atoms with Gasteiger partial charge < -0.3 is 29.8 Å². The van der Waals surface area contributed by atoms with Crippen molar-refractivity contribution in [1.29, 1.82) is 5.26 Å². The van der Waals surface area contributed by atoms with Gasteiger partial charge in [0.25, 0.3) is 11.8 Å². The number of aliphatic hydroxyl groups is 1. The fourth-order valence-electron chi connectivity index (χ4n) is 3.89. The number of ether oxygens (including phenoxy) is 1. The molecule has 2 amide bonds. The van der Waals surface area contributed by atoms with Crippen LogP contribution in [0.1, 0.15) is 12.6 Å². The minimum Gasteiger partial charge on any atom is -0.440 e. The largest absolute Gasteiger partial charge is 0.440 e. The van der Waals surface area contributed by atoms with Crippen LogP contribution in [0.5, 0.6) is 0 Å². The molecule has 12 heteroatoms. The molecule has 4 aromatic rings. The third-order valence-electron chi connectivity index (χ3n) is 5.83. The SMILES string of the molecule is C[C@](O)(C(=O)Nc1ccc2c(N)noc2c1)[C@H]1OCCN(c2ccc(-c3ccnc(C#N)c3)o2)C1=O. The zero-order chi connectivity index (χ0) is 25.4. The van der Waals surface area contributed by atoms with Crippen molar-refractivity contribution in [2.75, 3.05) is 29.1 Å². The third kappa shape index (κ3) is 4.02. The number of carbonyl (C=O) groups is 2. The number of rotatable bonds is 5. The van der Waals surface area contributed by atoms with E-state index >= 15 is 0 Å². The van der Waals surface area contributed by atoms with Gasteiger partial charge in [-0.05, 0) is 37.3 Å². The van der Waals surface area contributed by atoms with Gasteiger partial charge in [0, 0.05) is 29.6 Å². The van der Waals surface area contributed by atoms with E-state index in [2.05, 4.69) is 15.5 Å². The first-order chi connectivity index (χ1) is 17.3. The van der Waals surface area contributed by atoms with Gasteiger partial charge in [0.15, 0.2) is 23.1 Å². The Morgan fingerprint density at radius 2 is 2.14 bits per heavy atom. The number of nitrogens with two attached hydrogens (primary N) is 1. The zero-order valence-corrected chi connectivity index (χ0v) is 19.0. The second-order valence-electron chi connectivity index (χ2n) is 8.30. The Kier molecular flexibility index (Phi) is 5.63. The van der Waals surface area contributed by atoms with E-state index in [1.807, 2.05) is 6.07 Å². The number of furan rings is 1. The molecule has 5 rings (SSSR count). The normalized spacial score (nSPS) is 17.5. The van der Waals surface area contributed by atoms with Gasteiger partial charge in [0.1, 0.15) is 17.5 Å². The second kappa shape index (κ2) is 8.81. The molecule has 1 aliphatic rings. The van der Waals surface area contributed by atoms with E-state index in [1.165, 1.54) is 24.1 Å². The van der Waals surface area contributed by atoms with Gasteiger partial charge >= 0.3 is 0 Å². The molecule has 0 radical (unpaired) electrons. The number of nitrogens with zero attached hydrogens (tertiary/aromatic N) is 4. The highest BCUT2D eigenvalue weighted by Gasteiger charge is 2.49. The number of carbonyl (C=O) groups excluding carboxylic acids is 2. The molecule has 4 N–H and O–H groups in total. The minimum absolute atomic E-state index is 0.0625. The molecule has 0 unspecified atom stereocenters. The number of fused-ring (bicyclic) bond motifs is 1. The smallest absolute Gasteiger partial charge is 0.262 e. The van der Waals surface area contributed by atoms with Crippen LogP contribution in [0.2, 0.25) is 0 Å². The standard InChI is InChI=1S/C24H20N6O6/c1-24(33,23(32)28-14-2-3-16-18(11-14)36-29-21(16)26)20-22(31)30(8-9-34-20)19-5-4-17(35-19)13-6-7-27-15(10-13)12-25/h2-7,10-11,20,33H,8-9H2,1H3,(H2,26,29)(H,28,32)/t20-,24+/m0/s1. The lowest BCUT2D eigenvalue weighted by molar-refractivity contribution is -0.165. The van der Waals surface area contributed by atoms with E-state index < -0.39 is 23.5 Å². The van der Waals surface area contributed by atoms with Gasteiger partial charge in [-0.2, -0.15) is 5.26 Å². The maximum Gasteiger partial charge on any atom is 0.262 e. The monoisotopic (exact) mass is 488 g/mol. The number of pyridine rings is 1. The predicted molar refractivity (Wildman–Crippen MR) is 126 cm³/mol. The summed E-state index contributed by atoms with van der Waals surface area (Å²) in [5, 5.41) is 26.9. The fourth-order valence-corrected chi connectivity index (χ4v) is 3.89. The Hall–Kier alpha value is -4.73. The minimum atomic E-state index is -2.21. The summed E-state index contributed by atoms with van der Waals surface area (Å²) < 4.78 is 16.5. The first-order valence-electron chi connectivity index (χ1n) is 10.9. The quantitative estimate of drug-likeness (QED) is 0.376. The van der Waals surface area contributed by atoms with Gasteiger partial charge in [0.2, 0.25) is 5.88 Å². The molecule has 1 fully saturated rings. The molecule has 0 aliphatic carbocycles. The average Bonchev–Trinajstić information content (AvgIpc) is 3.51. The molecule has 12 nitrogen and oxygen atoms in total. The molecule has 1 aromatic carbocycles. The highest BCUT2D eigenvalue weighted by atomic mass is 16.5. The van der Waals surface area contributed by atoms with Gasteiger partial charge in [0.05, 0.1) is 18.5 Å². The average molecular weight is 488 g/mol. The maximum absolute atomic E-state index is 13.3. The van der Waals surface area contributed by atoms with Gasteiger partial charge in [-0.3, -0.25) is 14.5 Å². The lowest BCUT2D eigenvalue weighted by atomic mass is 9.95. The molecule has 2 atom stereocenters. The summed E-state index contributed by atoms with van der Waals surface area (Å²) in [5.41, 5.74) is 4.99. The van der Waals surface area contributed by atoms with Crippen molar-refractivity contribution in [3.63, 3.8) is 0 Å². The number of hydrogen-bond acceptors (Lipinski definition) is 10. The van der Waals surface area contributed by atoms with Crippen molar-refractivity contribution in [2.24, 2.45) is 0 Å². The van der Waals surface area contributed by atoms with Crippen LogP contribution in [-0.4, -0.2) is 51.9 Å². The zero-order valence-electron chi connectivity index (χ0n) is 19.0. The number of anilines is 3. The molecule has 1 saturated heterocycles. The molecule has 3 aromatic heterocycles. The summed E-state index contributed by atoms with van der Waals surface area (Å²) in [6.07, 6.45) is -0.00718. The molecule has 1 aliphatic heterocycles. The molecule has 4 heterocycles. The van der Waals surface area contributed by atoms with E-state index in [4.69, 9.17) is 24.7 Å². The van der Waals surface area contributed by atoms with Crippen LogP contribution in [0.4, 0.5) is 17.4 Å². The van der Waals surface area contributed by atoms with Crippen molar-refractivity contribution in [2.45, 2.75) is 18.6 Å². The van der Waals surface area contributed by atoms with Crippen molar-refractivity contribution in [3.05, 3.63) is 54.4 Å². The summed E-state index contributed by atoms with van der Waals surface area (Å²) in [7, 11) is 0. The highest BCUT2D eigenvalue weighted by molar-refractivity contribution is 6.06. The molecule has 0 bridgehead atoms. The lowest BCUT2D eigenvalue weighted by Crippen LogP contribution is -2.61. The summed E-state index contributed by atoms with van der Waals surface area (Å²) in [6, 6.07) is 13.1. The van der Waals surface area contributed by atoms with E-state index in [0.29, 0.717) is 28.0 Å². The molecule has 0 saturated carbocycles. The Balaban J connectivity index is 1.34. The number of nitriles is 1. The molecule has 182 valence electrons. The first-order valence-corrected chi connectivity index (χ1v) is 10.9. The number of nitrogen functional groups attached to an aromatic ring is 1. The summed E-state index contributed by atoms with van der Waals surface area (Å²) in [4.78, 5) is 31.5. The topological polar surface area (TPSA) is 181 Å². The number of nitrogens with one attached hydrogen (secondary N) is 1. The highest BCUT2D eigenvalue weighted by Crippen LogP contribution is 2.31. The van der Waals surface area contributed by atoms with Crippen molar-refractivity contribution in [1.82, 2.24) is 10.1 Å². The number of morpholine rings is 1. The third-order valence-corrected chi connectivity index (χ3v) is 5.83. The Morgan fingerprint density at radius 1 is 1.31 bits per heavy atom. The van der Waals surface area contributed by atoms with Crippen molar-refractivity contribution >= 4 is 40.2 Å². The van der Waals surface area contributed by atoms with E-state index in [1.54, 1.807) is 36.4 Å². The van der Waals surface area contributed by atoms with Gasteiger partial charge in [-0.15, -0.1) is 0 Å². The lowest BCUT2D eigenvalue weighted by Gasteiger charge is -2.37. The summed E-state index contributed by atoms with van der Waals surface area (Å²) in [6.45, 7) is 1.42. The Bertz CT molecular complexity index is 1520. The number of hydrogen-bond donors (Lipinski definition) is 3. The number of benzene rings is 1. The van der Waals surface area contributed by atoms with E-state index in [9.17, 15) is 14.7 Å². The van der Waals surface area contributed by atoms with Crippen LogP contribution in [-0.2, 0) is 14.3 Å². The van der Waals surface area contributed by atoms with Crippen LogP contribution in [0.25, 0.3) is 22.3 Å². The fraction of sp³-hybridized carbons (Fsp3) is 0.208. The van der Waals surface area contributed by atoms with Crippen molar-refractivity contribution in [3.8, 4) is 17.4 Å². The van der Waals surface area contributed by atoms with Crippen molar-refractivity contribution < 1.29 is 28.4 Å². The van der Waals surface area contributed by atoms with Crippen LogP contribution >= 0.6 is 0 Å². The number of amides is 2. The first kappa shape index (κ1) is 23.0. The molecular weight excluding hydrogens is 468 g/mol.